The van der Waals surface area contributed by atoms with Gasteiger partial charge in [-0.25, -0.2) is 0 Å². The molecule has 0 spiro atoms. The van der Waals surface area contributed by atoms with Crippen molar-refractivity contribution in [1.82, 2.24) is 10.2 Å². The molecule has 40 heavy (non-hydrogen) atoms. The van der Waals surface area contributed by atoms with Gasteiger partial charge in [-0.1, -0.05) is 67.6 Å². The molecule has 2 amide bonds. The van der Waals surface area contributed by atoms with Crippen LogP contribution in [0.5, 0.6) is 11.5 Å². The highest BCUT2D eigenvalue weighted by molar-refractivity contribution is 5.88. The van der Waals surface area contributed by atoms with Gasteiger partial charge in [0.1, 0.15) is 6.04 Å². The van der Waals surface area contributed by atoms with E-state index in [0.29, 0.717) is 44.1 Å². The molecule has 1 N–H and O–H groups in total. The molecule has 3 aromatic rings. The molecule has 3 rings (SSSR count). The molecule has 0 heterocycles. The zero-order valence-electron chi connectivity index (χ0n) is 24.6. The van der Waals surface area contributed by atoms with Crippen LogP contribution in [-0.2, 0) is 29.0 Å². The van der Waals surface area contributed by atoms with Gasteiger partial charge in [-0.05, 0) is 74.9 Å². The average Bonchev–Trinajstić information content (AvgIpc) is 2.96. The third-order valence-electron chi connectivity index (χ3n) is 7.11. The molecular weight excluding hydrogens is 500 g/mol. The van der Waals surface area contributed by atoms with Crippen LogP contribution < -0.4 is 14.8 Å². The predicted molar refractivity (Wildman–Crippen MR) is 161 cm³/mol. The quantitative estimate of drug-likeness (QED) is 0.245. The van der Waals surface area contributed by atoms with Crippen molar-refractivity contribution in [3.05, 3.63) is 95.1 Å². The van der Waals surface area contributed by atoms with Gasteiger partial charge in [0.15, 0.2) is 11.5 Å². The van der Waals surface area contributed by atoms with Crippen LogP contribution in [-0.4, -0.2) is 42.0 Å². The van der Waals surface area contributed by atoms with Crippen LogP contribution in [0.3, 0.4) is 0 Å². The number of carbonyl (C=O) groups excluding carboxylic acids is 2. The smallest absolute Gasteiger partial charge is 0.243 e. The minimum absolute atomic E-state index is 0.0158. The molecule has 0 aliphatic rings. The van der Waals surface area contributed by atoms with E-state index in [4.69, 9.17) is 9.47 Å². The van der Waals surface area contributed by atoms with Crippen LogP contribution in [0.15, 0.2) is 72.8 Å². The van der Waals surface area contributed by atoms with Crippen LogP contribution in [0, 0.1) is 6.92 Å². The first-order chi connectivity index (χ1) is 19.4. The van der Waals surface area contributed by atoms with Crippen LogP contribution >= 0.6 is 0 Å². The lowest BCUT2D eigenvalue weighted by molar-refractivity contribution is -0.141. The second-order valence-corrected chi connectivity index (χ2v) is 10.1. The summed E-state index contributed by atoms with van der Waals surface area (Å²) < 4.78 is 11.5. The zero-order valence-corrected chi connectivity index (χ0v) is 24.6. The van der Waals surface area contributed by atoms with E-state index in [2.05, 4.69) is 5.32 Å². The molecule has 0 bridgehead atoms. The van der Waals surface area contributed by atoms with Gasteiger partial charge in [0.2, 0.25) is 11.8 Å². The van der Waals surface area contributed by atoms with Crippen molar-refractivity contribution in [2.75, 3.05) is 13.2 Å². The van der Waals surface area contributed by atoms with Crippen molar-refractivity contribution in [3.8, 4) is 11.5 Å². The molecule has 0 saturated carbocycles. The Labute approximate surface area is 239 Å². The van der Waals surface area contributed by atoms with Crippen molar-refractivity contribution in [1.29, 1.82) is 0 Å². The van der Waals surface area contributed by atoms with Gasteiger partial charge < -0.3 is 19.7 Å². The fourth-order valence-electron chi connectivity index (χ4n) is 4.61. The molecule has 6 nitrogen and oxygen atoms in total. The normalized spacial score (nSPS) is 12.3. The number of rotatable bonds is 15. The van der Waals surface area contributed by atoms with Gasteiger partial charge in [0, 0.05) is 25.4 Å². The predicted octanol–water partition coefficient (Wildman–Crippen LogP) is 6.28. The average molecular weight is 545 g/mol. The molecule has 2 atom stereocenters. The third-order valence-corrected chi connectivity index (χ3v) is 7.11. The third kappa shape index (κ3) is 8.87. The van der Waals surface area contributed by atoms with Crippen molar-refractivity contribution in [2.45, 2.75) is 78.9 Å². The Hall–Kier alpha value is -3.80. The molecular formula is C34H44N2O4. The first-order valence-corrected chi connectivity index (χ1v) is 14.4. The minimum atomic E-state index is -0.636. The summed E-state index contributed by atoms with van der Waals surface area (Å²) in [7, 11) is 0. The van der Waals surface area contributed by atoms with Crippen LogP contribution in [0.4, 0.5) is 0 Å². The van der Waals surface area contributed by atoms with Gasteiger partial charge in [-0.3, -0.25) is 9.59 Å². The standard InChI is InChI=1S/C34H44N2O4/c1-6-26(5)35-34(38)30(22-27-15-10-9-11-16-27)36(24-29-17-13-12-14-25(29)4)33(37)21-19-28-18-20-31(39-7-2)32(23-28)40-8-3/h9-18,20,23,26,30H,6-8,19,21-22,24H2,1-5H3,(H,35,38). The second-order valence-electron chi connectivity index (χ2n) is 10.1. The largest absolute Gasteiger partial charge is 0.490 e. The maximum atomic E-state index is 14.0. The zero-order chi connectivity index (χ0) is 28.9. The van der Waals surface area contributed by atoms with Crippen LogP contribution in [0.25, 0.3) is 0 Å². The van der Waals surface area contributed by atoms with E-state index in [1.807, 2.05) is 107 Å². The number of carbonyl (C=O) groups is 2. The molecule has 6 heteroatoms. The highest BCUT2D eigenvalue weighted by Crippen LogP contribution is 2.29. The number of ether oxygens (including phenoxy) is 2. The Morgan fingerprint density at radius 3 is 2.20 bits per heavy atom. The highest BCUT2D eigenvalue weighted by atomic mass is 16.5. The molecule has 0 aromatic heterocycles. The summed E-state index contributed by atoms with van der Waals surface area (Å²) in [4.78, 5) is 29.5. The van der Waals surface area contributed by atoms with E-state index in [1.165, 1.54) is 0 Å². The lowest BCUT2D eigenvalue weighted by atomic mass is 10.00. The SMILES string of the molecule is CCOc1ccc(CCC(=O)N(Cc2ccccc2C)C(Cc2ccccc2)C(=O)NC(C)CC)cc1OCC. The summed E-state index contributed by atoms with van der Waals surface area (Å²) in [5.41, 5.74) is 4.13. The lowest BCUT2D eigenvalue weighted by Crippen LogP contribution is -2.52. The molecule has 3 aromatic carbocycles. The number of amides is 2. The minimum Gasteiger partial charge on any atom is -0.490 e. The summed E-state index contributed by atoms with van der Waals surface area (Å²) in [6.07, 6.45) is 2.06. The topological polar surface area (TPSA) is 67.9 Å². The van der Waals surface area contributed by atoms with Gasteiger partial charge in [-0.15, -0.1) is 0 Å². The summed E-state index contributed by atoms with van der Waals surface area (Å²) >= 11 is 0. The second kappa shape index (κ2) is 15.7. The Balaban J connectivity index is 1.91. The maximum absolute atomic E-state index is 14.0. The molecule has 0 aliphatic heterocycles. The molecule has 214 valence electrons. The number of hydrogen-bond acceptors (Lipinski definition) is 4. The summed E-state index contributed by atoms with van der Waals surface area (Å²) in [5.74, 6) is 1.20. The fraction of sp³-hybridized carbons (Fsp3) is 0.412. The van der Waals surface area contributed by atoms with E-state index >= 15 is 0 Å². The fourth-order valence-corrected chi connectivity index (χ4v) is 4.61. The van der Waals surface area contributed by atoms with Crippen LogP contribution in [0.1, 0.15) is 62.8 Å². The summed E-state index contributed by atoms with van der Waals surface area (Å²) in [6.45, 7) is 11.4. The summed E-state index contributed by atoms with van der Waals surface area (Å²) in [6, 6.07) is 23.2. The van der Waals surface area contributed by atoms with E-state index < -0.39 is 6.04 Å². The van der Waals surface area contributed by atoms with E-state index in [0.717, 1.165) is 28.7 Å². The number of hydrogen-bond donors (Lipinski definition) is 1. The first-order valence-electron chi connectivity index (χ1n) is 14.4. The van der Waals surface area contributed by atoms with Crippen molar-refractivity contribution in [3.63, 3.8) is 0 Å². The van der Waals surface area contributed by atoms with Gasteiger partial charge in [0.25, 0.3) is 0 Å². The van der Waals surface area contributed by atoms with E-state index in [-0.39, 0.29) is 24.3 Å². The number of nitrogens with zero attached hydrogens (tertiary/aromatic N) is 1. The Kier molecular flexibility index (Phi) is 12.1. The van der Waals surface area contributed by atoms with Crippen molar-refractivity contribution >= 4 is 11.8 Å². The van der Waals surface area contributed by atoms with Gasteiger partial charge in [-0.2, -0.15) is 0 Å². The van der Waals surface area contributed by atoms with Gasteiger partial charge in [0.05, 0.1) is 13.2 Å². The Morgan fingerprint density at radius 1 is 0.850 bits per heavy atom. The monoisotopic (exact) mass is 544 g/mol. The molecule has 0 fully saturated rings. The van der Waals surface area contributed by atoms with Crippen molar-refractivity contribution < 1.29 is 19.1 Å². The Bertz CT molecular complexity index is 1230. The molecule has 0 radical (unpaired) electrons. The maximum Gasteiger partial charge on any atom is 0.243 e. The first kappa shape index (κ1) is 30.7. The number of benzene rings is 3. The van der Waals surface area contributed by atoms with Gasteiger partial charge >= 0.3 is 0 Å². The summed E-state index contributed by atoms with van der Waals surface area (Å²) in [5, 5.41) is 3.14. The van der Waals surface area contributed by atoms with E-state index in [9.17, 15) is 9.59 Å². The molecule has 0 saturated heterocycles. The number of aryl methyl sites for hydroxylation is 2. The highest BCUT2D eigenvalue weighted by Gasteiger charge is 2.31. The van der Waals surface area contributed by atoms with E-state index in [1.54, 1.807) is 4.90 Å². The van der Waals surface area contributed by atoms with Crippen LogP contribution in [0.2, 0.25) is 0 Å². The van der Waals surface area contributed by atoms with Crippen molar-refractivity contribution in [2.24, 2.45) is 0 Å². The lowest BCUT2D eigenvalue weighted by Gasteiger charge is -2.33. The molecule has 2 unspecified atom stereocenters. The molecule has 0 aliphatic carbocycles. The Morgan fingerprint density at radius 2 is 1.52 bits per heavy atom. The number of nitrogens with one attached hydrogen (secondary N) is 1.